The smallest absolute Gasteiger partial charge is 0.422 e. The standard InChI is InChI=1S/C15H12ClF3O/c1-10-3-2-4-13(16)14(10)11-5-7-12(8-6-11)20-9-15(17,18)19/h2-8H,9H2,1H3. The van der Waals surface area contributed by atoms with Crippen molar-refractivity contribution < 1.29 is 17.9 Å². The Labute approximate surface area is 119 Å². The van der Waals surface area contributed by atoms with Gasteiger partial charge in [0.2, 0.25) is 0 Å². The van der Waals surface area contributed by atoms with Crippen LogP contribution in [0.1, 0.15) is 5.56 Å². The fourth-order valence-electron chi connectivity index (χ4n) is 1.88. The maximum absolute atomic E-state index is 12.0. The molecule has 0 aliphatic carbocycles. The number of hydrogen-bond donors (Lipinski definition) is 0. The molecule has 0 saturated carbocycles. The summed E-state index contributed by atoms with van der Waals surface area (Å²) in [6.07, 6.45) is -4.34. The van der Waals surface area contributed by atoms with E-state index < -0.39 is 12.8 Å². The van der Waals surface area contributed by atoms with Crippen molar-refractivity contribution in [2.75, 3.05) is 6.61 Å². The second kappa shape index (κ2) is 5.75. The van der Waals surface area contributed by atoms with Crippen LogP contribution in [0.2, 0.25) is 5.02 Å². The summed E-state index contributed by atoms with van der Waals surface area (Å²) in [6.45, 7) is 0.632. The topological polar surface area (TPSA) is 9.23 Å². The zero-order valence-electron chi connectivity index (χ0n) is 10.7. The summed E-state index contributed by atoms with van der Waals surface area (Å²) in [5, 5.41) is 0.606. The Hall–Kier alpha value is -1.68. The van der Waals surface area contributed by atoms with Gasteiger partial charge in [-0.3, -0.25) is 0 Å². The van der Waals surface area contributed by atoms with Crippen LogP contribution in [0.4, 0.5) is 13.2 Å². The van der Waals surface area contributed by atoms with E-state index in [4.69, 9.17) is 11.6 Å². The average molecular weight is 301 g/mol. The largest absolute Gasteiger partial charge is 0.484 e. The van der Waals surface area contributed by atoms with Crippen molar-refractivity contribution in [3.05, 3.63) is 53.1 Å². The minimum Gasteiger partial charge on any atom is -0.484 e. The fourth-order valence-corrected chi connectivity index (χ4v) is 2.21. The first-order valence-corrected chi connectivity index (χ1v) is 6.30. The van der Waals surface area contributed by atoms with Crippen molar-refractivity contribution in [2.24, 2.45) is 0 Å². The first-order valence-electron chi connectivity index (χ1n) is 5.92. The van der Waals surface area contributed by atoms with E-state index in [0.29, 0.717) is 5.02 Å². The van der Waals surface area contributed by atoms with Crippen molar-refractivity contribution in [3.8, 4) is 16.9 Å². The van der Waals surface area contributed by atoms with Crippen LogP contribution < -0.4 is 4.74 Å². The predicted molar refractivity (Wildman–Crippen MR) is 73.2 cm³/mol. The highest BCUT2D eigenvalue weighted by atomic mass is 35.5. The molecule has 0 aliphatic rings. The van der Waals surface area contributed by atoms with Crippen molar-refractivity contribution in [1.82, 2.24) is 0 Å². The van der Waals surface area contributed by atoms with E-state index in [1.807, 2.05) is 19.1 Å². The molecule has 0 heterocycles. The molecule has 0 spiro atoms. The Bertz CT molecular complexity index is 571. The van der Waals surface area contributed by atoms with Gasteiger partial charge >= 0.3 is 6.18 Å². The number of rotatable bonds is 3. The molecule has 0 amide bonds. The molecule has 0 N–H and O–H groups in total. The molecule has 2 rings (SSSR count). The lowest BCUT2D eigenvalue weighted by Gasteiger charge is -2.11. The minimum atomic E-state index is -4.34. The predicted octanol–water partition coefficient (Wildman–Crippen LogP) is 5.26. The second-order valence-electron chi connectivity index (χ2n) is 4.36. The van der Waals surface area contributed by atoms with Crippen LogP contribution in [0, 0.1) is 6.92 Å². The normalized spacial score (nSPS) is 11.4. The van der Waals surface area contributed by atoms with Crippen LogP contribution in [-0.2, 0) is 0 Å². The van der Waals surface area contributed by atoms with Gasteiger partial charge in [0.25, 0.3) is 0 Å². The Kier molecular flexibility index (Phi) is 4.23. The van der Waals surface area contributed by atoms with Crippen LogP contribution in [0.3, 0.4) is 0 Å². The lowest BCUT2D eigenvalue weighted by molar-refractivity contribution is -0.153. The van der Waals surface area contributed by atoms with Crippen molar-refractivity contribution in [1.29, 1.82) is 0 Å². The van der Waals surface area contributed by atoms with Crippen LogP contribution in [-0.4, -0.2) is 12.8 Å². The van der Waals surface area contributed by atoms with Gasteiger partial charge in [-0.15, -0.1) is 0 Å². The third-order valence-electron chi connectivity index (χ3n) is 2.77. The Balaban J connectivity index is 2.20. The number of benzene rings is 2. The molecule has 5 heteroatoms. The summed E-state index contributed by atoms with van der Waals surface area (Å²) < 4.78 is 40.8. The Morgan fingerprint density at radius 2 is 1.70 bits per heavy atom. The zero-order valence-corrected chi connectivity index (χ0v) is 11.4. The first-order chi connectivity index (χ1) is 9.37. The molecule has 0 bridgehead atoms. The summed E-state index contributed by atoms with van der Waals surface area (Å²) in [7, 11) is 0. The van der Waals surface area contributed by atoms with E-state index in [9.17, 15) is 13.2 Å². The van der Waals surface area contributed by atoms with Gasteiger partial charge in [0, 0.05) is 10.6 Å². The van der Waals surface area contributed by atoms with E-state index >= 15 is 0 Å². The van der Waals surface area contributed by atoms with Crippen LogP contribution in [0.25, 0.3) is 11.1 Å². The van der Waals surface area contributed by atoms with E-state index in [1.165, 1.54) is 12.1 Å². The van der Waals surface area contributed by atoms with E-state index in [2.05, 4.69) is 4.74 Å². The van der Waals surface area contributed by atoms with Crippen LogP contribution in [0.5, 0.6) is 5.75 Å². The van der Waals surface area contributed by atoms with E-state index in [0.717, 1.165) is 16.7 Å². The molecule has 2 aromatic carbocycles. The molecule has 0 aromatic heterocycles. The number of halogens is 4. The molecule has 0 unspecified atom stereocenters. The summed E-state index contributed by atoms with van der Waals surface area (Å²) in [5.74, 6) is 0.177. The third kappa shape index (κ3) is 3.67. The van der Waals surface area contributed by atoms with Crippen molar-refractivity contribution in [2.45, 2.75) is 13.1 Å². The molecule has 0 fully saturated rings. The monoisotopic (exact) mass is 300 g/mol. The quantitative estimate of drug-likeness (QED) is 0.751. The minimum absolute atomic E-state index is 0.177. The maximum Gasteiger partial charge on any atom is 0.422 e. The van der Waals surface area contributed by atoms with Crippen LogP contribution >= 0.6 is 11.6 Å². The number of ether oxygens (including phenoxy) is 1. The van der Waals surface area contributed by atoms with Gasteiger partial charge in [0.05, 0.1) is 0 Å². The highest BCUT2D eigenvalue weighted by molar-refractivity contribution is 6.33. The lowest BCUT2D eigenvalue weighted by Crippen LogP contribution is -2.19. The molecule has 0 aliphatic heterocycles. The van der Waals surface area contributed by atoms with Gasteiger partial charge in [-0.2, -0.15) is 13.2 Å². The number of alkyl halides is 3. The molecular formula is C15H12ClF3O. The molecule has 0 atom stereocenters. The highest BCUT2D eigenvalue weighted by Gasteiger charge is 2.28. The zero-order chi connectivity index (χ0) is 14.8. The lowest BCUT2D eigenvalue weighted by atomic mass is 10.0. The number of hydrogen-bond acceptors (Lipinski definition) is 1. The fraction of sp³-hybridized carbons (Fsp3) is 0.200. The molecule has 0 saturated heterocycles. The summed E-state index contributed by atoms with van der Waals surface area (Å²) >= 11 is 6.14. The number of aryl methyl sites for hydroxylation is 1. The molecular weight excluding hydrogens is 289 g/mol. The van der Waals surface area contributed by atoms with E-state index in [1.54, 1.807) is 18.2 Å². The maximum atomic E-state index is 12.0. The summed E-state index contributed by atoms with van der Waals surface area (Å²) in [4.78, 5) is 0. The molecule has 106 valence electrons. The van der Waals surface area contributed by atoms with Gasteiger partial charge in [-0.05, 0) is 36.2 Å². The SMILES string of the molecule is Cc1cccc(Cl)c1-c1ccc(OCC(F)(F)F)cc1. The first kappa shape index (κ1) is 14.7. The Morgan fingerprint density at radius 3 is 2.25 bits per heavy atom. The van der Waals surface area contributed by atoms with Crippen molar-refractivity contribution in [3.63, 3.8) is 0 Å². The van der Waals surface area contributed by atoms with E-state index in [-0.39, 0.29) is 5.75 Å². The Morgan fingerprint density at radius 1 is 1.05 bits per heavy atom. The van der Waals surface area contributed by atoms with Gasteiger partial charge < -0.3 is 4.74 Å². The average Bonchev–Trinajstić information content (AvgIpc) is 2.37. The summed E-state index contributed by atoms with van der Waals surface area (Å²) in [6, 6.07) is 11.9. The molecule has 20 heavy (non-hydrogen) atoms. The molecule has 0 radical (unpaired) electrons. The molecule has 1 nitrogen and oxygen atoms in total. The van der Waals surface area contributed by atoms with Gasteiger partial charge in [-0.1, -0.05) is 35.9 Å². The van der Waals surface area contributed by atoms with Gasteiger partial charge in [0.15, 0.2) is 6.61 Å². The highest BCUT2D eigenvalue weighted by Crippen LogP contribution is 2.32. The molecule has 2 aromatic rings. The van der Waals surface area contributed by atoms with Gasteiger partial charge in [-0.25, -0.2) is 0 Å². The van der Waals surface area contributed by atoms with Crippen molar-refractivity contribution >= 4 is 11.6 Å². The van der Waals surface area contributed by atoms with Crippen LogP contribution in [0.15, 0.2) is 42.5 Å². The second-order valence-corrected chi connectivity index (χ2v) is 4.77. The summed E-state index contributed by atoms with van der Waals surface area (Å²) in [5.41, 5.74) is 2.71. The third-order valence-corrected chi connectivity index (χ3v) is 3.08. The van der Waals surface area contributed by atoms with Gasteiger partial charge in [0.1, 0.15) is 5.75 Å².